The molecule has 0 heterocycles. The minimum absolute atomic E-state index is 0. The fourth-order valence-corrected chi connectivity index (χ4v) is 2.47. The summed E-state index contributed by atoms with van der Waals surface area (Å²) in [6.45, 7) is 0.461. The molecular weight excluding hydrogens is 267 g/mol. The maximum atomic E-state index is 13.3. The van der Waals surface area contributed by atoms with Gasteiger partial charge in [0.2, 0.25) is 5.91 Å². The summed E-state index contributed by atoms with van der Waals surface area (Å²) in [6, 6.07) is 6.62. The number of benzene rings is 1. The molecule has 2 rings (SSSR count). The molecule has 1 aliphatic rings. The predicted molar refractivity (Wildman–Crippen MR) is 75.7 cm³/mol. The smallest absolute Gasteiger partial charge is 0.224 e. The largest absolute Gasteiger partial charge is 0.355 e. The lowest BCUT2D eigenvalue weighted by molar-refractivity contribution is -0.125. The lowest BCUT2D eigenvalue weighted by atomic mass is 10.0. The molecule has 1 fully saturated rings. The van der Waals surface area contributed by atoms with E-state index in [1.54, 1.807) is 18.2 Å². The van der Waals surface area contributed by atoms with E-state index in [-0.39, 0.29) is 36.1 Å². The van der Waals surface area contributed by atoms with Gasteiger partial charge in [0.05, 0.1) is 5.92 Å². The molecular formula is C14H20ClFN2O. The van der Waals surface area contributed by atoms with Gasteiger partial charge in [0.15, 0.2) is 0 Å². The Hall–Kier alpha value is -1.13. The average Bonchev–Trinajstić information content (AvgIpc) is 2.78. The van der Waals surface area contributed by atoms with Gasteiger partial charge in [0.25, 0.3) is 0 Å². The molecule has 3 N–H and O–H groups in total. The first-order valence-corrected chi connectivity index (χ1v) is 6.45. The first-order valence-electron chi connectivity index (χ1n) is 6.45. The first-order chi connectivity index (χ1) is 8.68. The molecule has 0 spiro atoms. The lowest BCUT2D eigenvalue weighted by Crippen LogP contribution is -2.39. The van der Waals surface area contributed by atoms with E-state index in [2.05, 4.69) is 5.32 Å². The Morgan fingerprint density at radius 2 is 2.11 bits per heavy atom. The van der Waals surface area contributed by atoms with Crippen molar-refractivity contribution in [3.8, 4) is 0 Å². The van der Waals surface area contributed by atoms with Crippen LogP contribution < -0.4 is 11.1 Å². The van der Waals surface area contributed by atoms with E-state index in [1.165, 1.54) is 6.07 Å². The molecule has 5 heteroatoms. The third kappa shape index (κ3) is 4.18. The van der Waals surface area contributed by atoms with Crippen LogP contribution in [0.5, 0.6) is 0 Å². The maximum Gasteiger partial charge on any atom is 0.224 e. The number of nitrogens with two attached hydrogens (primary N) is 1. The molecule has 0 aliphatic heterocycles. The summed E-state index contributed by atoms with van der Waals surface area (Å²) in [5.74, 6) is -0.272. The summed E-state index contributed by atoms with van der Waals surface area (Å²) < 4.78 is 13.3. The predicted octanol–water partition coefficient (Wildman–Crippen LogP) is 2.03. The summed E-state index contributed by atoms with van der Waals surface area (Å²) in [6.07, 6.45) is 3.32. The van der Waals surface area contributed by atoms with Gasteiger partial charge >= 0.3 is 0 Å². The van der Waals surface area contributed by atoms with E-state index in [0.717, 1.165) is 19.3 Å². The Balaban J connectivity index is 0.00000180. The number of amides is 1. The van der Waals surface area contributed by atoms with Crippen molar-refractivity contribution < 1.29 is 9.18 Å². The molecule has 1 aromatic carbocycles. The van der Waals surface area contributed by atoms with Crippen LogP contribution in [0.15, 0.2) is 24.3 Å². The van der Waals surface area contributed by atoms with E-state index in [0.29, 0.717) is 18.5 Å². The van der Waals surface area contributed by atoms with Crippen molar-refractivity contribution in [2.24, 2.45) is 11.7 Å². The van der Waals surface area contributed by atoms with Gasteiger partial charge in [0.1, 0.15) is 5.82 Å². The minimum atomic E-state index is -0.218. The number of carbonyl (C=O) groups excluding carboxylic acids is 1. The summed E-state index contributed by atoms with van der Waals surface area (Å²) in [5.41, 5.74) is 6.50. The summed E-state index contributed by atoms with van der Waals surface area (Å²) in [5, 5.41) is 2.85. The zero-order valence-electron chi connectivity index (χ0n) is 10.8. The van der Waals surface area contributed by atoms with Crippen LogP contribution in [-0.2, 0) is 11.2 Å². The van der Waals surface area contributed by atoms with Gasteiger partial charge in [-0.2, -0.15) is 0 Å². The summed E-state index contributed by atoms with van der Waals surface area (Å²) >= 11 is 0. The molecule has 2 atom stereocenters. The number of halogens is 2. The van der Waals surface area contributed by atoms with E-state index in [4.69, 9.17) is 5.73 Å². The SMILES string of the molecule is Cl.NC1CCCC1C(=O)NCCc1ccccc1F. The topological polar surface area (TPSA) is 55.1 Å². The van der Waals surface area contributed by atoms with Crippen molar-refractivity contribution in [2.45, 2.75) is 31.7 Å². The quantitative estimate of drug-likeness (QED) is 0.890. The zero-order chi connectivity index (χ0) is 13.0. The van der Waals surface area contributed by atoms with E-state index >= 15 is 0 Å². The Morgan fingerprint density at radius 1 is 1.37 bits per heavy atom. The molecule has 0 bridgehead atoms. The van der Waals surface area contributed by atoms with Gasteiger partial charge in [-0.25, -0.2) is 4.39 Å². The lowest BCUT2D eigenvalue weighted by Gasteiger charge is -2.15. The number of nitrogens with one attached hydrogen (secondary N) is 1. The Labute approximate surface area is 119 Å². The molecule has 1 aliphatic carbocycles. The molecule has 0 aromatic heterocycles. The van der Waals surface area contributed by atoms with Crippen LogP contribution in [0.1, 0.15) is 24.8 Å². The highest BCUT2D eigenvalue weighted by Crippen LogP contribution is 2.23. The van der Waals surface area contributed by atoms with Crippen molar-refractivity contribution in [1.82, 2.24) is 5.32 Å². The van der Waals surface area contributed by atoms with E-state index < -0.39 is 0 Å². The van der Waals surface area contributed by atoms with Crippen LogP contribution in [0.4, 0.5) is 4.39 Å². The van der Waals surface area contributed by atoms with Crippen LogP contribution in [-0.4, -0.2) is 18.5 Å². The molecule has 106 valence electrons. The first kappa shape index (κ1) is 15.9. The van der Waals surface area contributed by atoms with Crippen LogP contribution in [0, 0.1) is 11.7 Å². The third-order valence-corrected chi connectivity index (χ3v) is 3.56. The number of hydrogen-bond acceptors (Lipinski definition) is 2. The second kappa shape index (κ2) is 7.46. The molecule has 0 saturated heterocycles. The fourth-order valence-electron chi connectivity index (χ4n) is 2.47. The van der Waals surface area contributed by atoms with Crippen LogP contribution in [0.3, 0.4) is 0 Å². The van der Waals surface area contributed by atoms with Gasteiger partial charge in [-0.1, -0.05) is 24.6 Å². The van der Waals surface area contributed by atoms with E-state index in [1.807, 2.05) is 0 Å². The van der Waals surface area contributed by atoms with Crippen LogP contribution >= 0.6 is 12.4 Å². The third-order valence-electron chi connectivity index (χ3n) is 3.56. The Kier molecular flexibility index (Phi) is 6.25. The fraction of sp³-hybridized carbons (Fsp3) is 0.500. The van der Waals surface area contributed by atoms with Crippen molar-refractivity contribution >= 4 is 18.3 Å². The maximum absolute atomic E-state index is 13.3. The second-order valence-corrected chi connectivity index (χ2v) is 4.83. The molecule has 1 amide bonds. The number of rotatable bonds is 4. The van der Waals surface area contributed by atoms with Crippen molar-refractivity contribution in [2.75, 3.05) is 6.54 Å². The molecule has 2 unspecified atom stereocenters. The molecule has 1 aromatic rings. The summed E-state index contributed by atoms with van der Waals surface area (Å²) in [4.78, 5) is 11.8. The normalized spacial score (nSPS) is 21.8. The van der Waals surface area contributed by atoms with Crippen LogP contribution in [0.25, 0.3) is 0 Å². The standard InChI is InChI=1S/C14H19FN2O.ClH/c15-12-6-2-1-4-10(12)8-9-17-14(18)11-5-3-7-13(11)16;/h1-2,4,6,11,13H,3,5,7-9,16H2,(H,17,18);1H. The van der Waals surface area contributed by atoms with E-state index in [9.17, 15) is 9.18 Å². The van der Waals surface area contributed by atoms with Gasteiger partial charge in [0, 0.05) is 12.6 Å². The average molecular weight is 287 g/mol. The van der Waals surface area contributed by atoms with Gasteiger partial charge < -0.3 is 11.1 Å². The minimum Gasteiger partial charge on any atom is -0.355 e. The Morgan fingerprint density at radius 3 is 2.74 bits per heavy atom. The molecule has 0 radical (unpaired) electrons. The highest BCUT2D eigenvalue weighted by atomic mass is 35.5. The zero-order valence-corrected chi connectivity index (χ0v) is 11.6. The van der Waals surface area contributed by atoms with Gasteiger partial charge in [-0.3, -0.25) is 4.79 Å². The molecule has 1 saturated carbocycles. The molecule has 3 nitrogen and oxygen atoms in total. The molecule has 19 heavy (non-hydrogen) atoms. The number of carbonyl (C=O) groups is 1. The summed E-state index contributed by atoms with van der Waals surface area (Å²) in [7, 11) is 0. The van der Waals surface area contributed by atoms with Gasteiger partial charge in [-0.05, 0) is 30.9 Å². The van der Waals surface area contributed by atoms with Crippen LogP contribution in [0.2, 0.25) is 0 Å². The van der Waals surface area contributed by atoms with Crippen molar-refractivity contribution in [3.05, 3.63) is 35.6 Å². The highest BCUT2D eigenvalue weighted by molar-refractivity contribution is 5.85. The van der Waals surface area contributed by atoms with Crippen molar-refractivity contribution in [1.29, 1.82) is 0 Å². The van der Waals surface area contributed by atoms with Gasteiger partial charge in [-0.15, -0.1) is 12.4 Å². The highest BCUT2D eigenvalue weighted by Gasteiger charge is 2.29. The monoisotopic (exact) mass is 286 g/mol. The second-order valence-electron chi connectivity index (χ2n) is 4.83. The Bertz CT molecular complexity index is 428. The number of hydrogen-bond donors (Lipinski definition) is 2. The van der Waals surface area contributed by atoms with Crippen molar-refractivity contribution in [3.63, 3.8) is 0 Å².